The average molecular weight is 384 g/mol. The number of hydrogen-bond donors (Lipinski definition) is 0. The number of para-hydroxylation sites is 1. The maximum atomic E-state index is 13.2. The van der Waals surface area contributed by atoms with E-state index in [2.05, 4.69) is 11.1 Å². The lowest BCUT2D eigenvalue weighted by molar-refractivity contribution is 0.794. The minimum atomic E-state index is -0.142. The van der Waals surface area contributed by atoms with Crippen molar-refractivity contribution in [3.63, 3.8) is 0 Å². The number of rotatable bonds is 4. The van der Waals surface area contributed by atoms with E-state index in [-0.39, 0.29) is 5.56 Å². The summed E-state index contributed by atoms with van der Waals surface area (Å²) in [5.74, 6) is 1.14. The van der Waals surface area contributed by atoms with Gasteiger partial charge in [0.25, 0.3) is 5.56 Å². The summed E-state index contributed by atoms with van der Waals surface area (Å²) in [4.78, 5) is 22.3. The standard InChI is InChI=1S/C22H16N4OS/c1-15-9-10-24-20(11-15)26-21(27)18-7-2-3-8-19(18)25-22(26)28-14-17-6-4-5-16(12-17)13-23/h2-12H,14H2,1H3. The molecule has 0 aliphatic rings. The smallest absolute Gasteiger partial charge is 0.267 e. The van der Waals surface area contributed by atoms with Crippen molar-refractivity contribution in [2.45, 2.75) is 17.8 Å². The Labute approximate surface area is 166 Å². The summed E-state index contributed by atoms with van der Waals surface area (Å²) in [6, 6.07) is 20.7. The van der Waals surface area contributed by atoms with Crippen LogP contribution < -0.4 is 5.56 Å². The molecule has 0 saturated heterocycles. The Balaban J connectivity index is 1.83. The van der Waals surface area contributed by atoms with Gasteiger partial charge in [-0.2, -0.15) is 5.26 Å². The molecule has 0 spiro atoms. The molecule has 4 rings (SSSR count). The van der Waals surface area contributed by atoms with Crippen molar-refractivity contribution >= 4 is 22.7 Å². The zero-order valence-electron chi connectivity index (χ0n) is 15.2. The lowest BCUT2D eigenvalue weighted by Crippen LogP contribution is -2.22. The van der Waals surface area contributed by atoms with E-state index < -0.39 is 0 Å². The molecule has 0 fully saturated rings. The van der Waals surface area contributed by atoms with Gasteiger partial charge in [-0.05, 0) is 54.4 Å². The first-order valence-electron chi connectivity index (χ1n) is 8.72. The van der Waals surface area contributed by atoms with E-state index >= 15 is 0 Å². The van der Waals surface area contributed by atoms with Crippen LogP contribution in [0.1, 0.15) is 16.7 Å². The fraction of sp³-hybridized carbons (Fsp3) is 0.0909. The number of thioether (sulfide) groups is 1. The summed E-state index contributed by atoms with van der Waals surface area (Å²) in [6.45, 7) is 1.96. The molecule has 0 N–H and O–H groups in total. The first-order chi connectivity index (χ1) is 13.7. The Morgan fingerprint density at radius 2 is 1.96 bits per heavy atom. The highest BCUT2D eigenvalue weighted by atomic mass is 32.2. The van der Waals surface area contributed by atoms with Crippen molar-refractivity contribution < 1.29 is 0 Å². The Morgan fingerprint density at radius 3 is 2.79 bits per heavy atom. The second-order valence-corrected chi connectivity index (χ2v) is 7.29. The predicted molar refractivity (Wildman–Crippen MR) is 111 cm³/mol. The monoisotopic (exact) mass is 384 g/mol. The molecule has 136 valence electrons. The van der Waals surface area contributed by atoms with E-state index in [0.29, 0.717) is 33.2 Å². The van der Waals surface area contributed by atoms with Gasteiger partial charge in [0, 0.05) is 11.9 Å². The van der Waals surface area contributed by atoms with Crippen molar-refractivity contribution in [3.05, 3.63) is 93.9 Å². The lowest BCUT2D eigenvalue weighted by atomic mass is 10.2. The SMILES string of the molecule is Cc1ccnc(-n2c(SCc3cccc(C#N)c3)nc3ccccc3c2=O)c1. The summed E-state index contributed by atoms with van der Waals surface area (Å²) >= 11 is 1.45. The van der Waals surface area contributed by atoms with E-state index in [9.17, 15) is 4.79 Å². The number of nitrogens with zero attached hydrogens (tertiary/aromatic N) is 4. The molecule has 2 aromatic carbocycles. The number of nitriles is 1. The second kappa shape index (κ2) is 7.67. The molecule has 0 amide bonds. The van der Waals surface area contributed by atoms with Crippen LogP contribution in [0.15, 0.2) is 76.8 Å². The topological polar surface area (TPSA) is 71.6 Å². The van der Waals surface area contributed by atoms with Crippen LogP contribution >= 0.6 is 11.8 Å². The summed E-state index contributed by atoms with van der Waals surface area (Å²) < 4.78 is 1.56. The third-order valence-corrected chi connectivity index (χ3v) is 5.31. The highest BCUT2D eigenvalue weighted by Crippen LogP contribution is 2.24. The average Bonchev–Trinajstić information content (AvgIpc) is 2.72. The van der Waals surface area contributed by atoms with Gasteiger partial charge < -0.3 is 0 Å². The molecule has 0 radical (unpaired) electrons. The van der Waals surface area contributed by atoms with Crippen molar-refractivity contribution in [2.24, 2.45) is 0 Å². The van der Waals surface area contributed by atoms with Gasteiger partial charge >= 0.3 is 0 Å². The summed E-state index contributed by atoms with van der Waals surface area (Å²) in [6.07, 6.45) is 1.69. The summed E-state index contributed by atoms with van der Waals surface area (Å²) in [7, 11) is 0. The van der Waals surface area contributed by atoms with Gasteiger partial charge in [-0.1, -0.05) is 36.0 Å². The second-order valence-electron chi connectivity index (χ2n) is 6.34. The molecule has 0 aliphatic heterocycles. The molecule has 0 atom stereocenters. The number of aromatic nitrogens is 3. The first kappa shape index (κ1) is 18.0. The molecule has 6 heteroatoms. The van der Waals surface area contributed by atoms with Crippen molar-refractivity contribution in [3.8, 4) is 11.9 Å². The molecule has 0 unspecified atom stereocenters. The van der Waals surface area contributed by atoms with Gasteiger partial charge in [0.2, 0.25) is 0 Å². The third kappa shape index (κ3) is 3.53. The Kier molecular flexibility index (Phi) is 4.92. The predicted octanol–water partition coefficient (Wildman–Crippen LogP) is 4.25. The van der Waals surface area contributed by atoms with Crippen LogP contribution in [0.2, 0.25) is 0 Å². The normalized spacial score (nSPS) is 10.7. The highest BCUT2D eigenvalue weighted by molar-refractivity contribution is 7.98. The maximum absolute atomic E-state index is 13.2. The summed E-state index contributed by atoms with van der Waals surface area (Å²) in [5.41, 5.74) is 3.14. The van der Waals surface area contributed by atoms with Crippen LogP contribution in [0.3, 0.4) is 0 Å². The van der Waals surface area contributed by atoms with Crippen molar-refractivity contribution in [1.29, 1.82) is 5.26 Å². The van der Waals surface area contributed by atoms with E-state index in [4.69, 9.17) is 10.2 Å². The number of fused-ring (bicyclic) bond motifs is 1. The van der Waals surface area contributed by atoms with Gasteiger partial charge in [-0.15, -0.1) is 0 Å². The molecular formula is C22H16N4OS. The highest BCUT2D eigenvalue weighted by Gasteiger charge is 2.14. The van der Waals surface area contributed by atoms with E-state index in [1.807, 2.05) is 55.5 Å². The number of pyridine rings is 1. The number of benzene rings is 2. The first-order valence-corrected chi connectivity index (χ1v) is 9.71. The minimum absolute atomic E-state index is 0.142. The Bertz CT molecular complexity index is 1270. The van der Waals surface area contributed by atoms with Gasteiger partial charge in [-0.3, -0.25) is 4.79 Å². The minimum Gasteiger partial charge on any atom is -0.268 e. The van der Waals surface area contributed by atoms with Gasteiger partial charge in [0.1, 0.15) is 5.82 Å². The fourth-order valence-corrected chi connectivity index (χ4v) is 3.88. The molecule has 28 heavy (non-hydrogen) atoms. The molecule has 0 saturated carbocycles. The molecule has 0 aliphatic carbocycles. The van der Waals surface area contributed by atoms with E-state index in [1.165, 1.54) is 11.8 Å². The molecular weight excluding hydrogens is 368 g/mol. The molecule has 5 nitrogen and oxygen atoms in total. The van der Waals surface area contributed by atoms with Crippen molar-refractivity contribution in [2.75, 3.05) is 0 Å². The Hall–Kier alpha value is -3.43. The van der Waals surface area contributed by atoms with Crippen LogP contribution in [0.4, 0.5) is 0 Å². The zero-order valence-corrected chi connectivity index (χ0v) is 16.0. The molecule has 0 bridgehead atoms. The number of hydrogen-bond acceptors (Lipinski definition) is 5. The van der Waals surface area contributed by atoms with Crippen LogP contribution in [0.25, 0.3) is 16.7 Å². The zero-order chi connectivity index (χ0) is 19.5. The van der Waals surface area contributed by atoms with Gasteiger partial charge in [0.15, 0.2) is 5.16 Å². The van der Waals surface area contributed by atoms with Crippen molar-refractivity contribution in [1.82, 2.24) is 14.5 Å². The number of aryl methyl sites for hydroxylation is 1. The van der Waals surface area contributed by atoms with E-state index in [1.54, 1.807) is 22.9 Å². The van der Waals surface area contributed by atoms with Crippen LogP contribution in [-0.4, -0.2) is 14.5 Å². The Morgan fingerprint density at radius 1 is 1.11 bits per heavy atom. The van der Waals surface area contributed by atoms with Gasteiger partial charge in [0.05, 0.1) is 22.5 Å². The maximum Gasteiger partial charge on any atom is 0.267 e. The molecule has 2 heterocycles. The van der Waals surface area contributed by atoms with Crippen LogP contribution in [0.5, 0.6) is 0 Å². The largest absolute Gasteiger partial charge is 0.268 e. The van der Waals surface area contributed by atoms with Crippen LogP contribution in [-0.2, 0) is 5.75 Å². The molecule has 2 aromatic heterocycles. The van der Waals surface area contributed by atoms with Gasteiger partial charge in [-0.25, -0.2) is 14.5 Å². The molecule has 4 aromatic rings. The van der Waals surface area contributed by atoms with E-state index in [0.717, 1.165) is 11.1 Å². The fourth-order valence-electron chi connectivity index (χ4n) is 2.93. The summed E-state index contributed by atoms with van der Waals surface area (Å²) in [5, 5.41) is 10.2. The van der Waals surface area contributed by atoms with Crippen LogP contribution in [0, 0.1) is 18.3 Å². The quantitative estimate of drug-likeness (QED) is 0.388. The lowest BCUT2D eigenvalue weighted by Gasteiger charge is -2.13. The third-order valence-electron chi connectivity index (χ3n) is 4.30.